The summed E-state index contributed by atoms with van der Waals surface area (Å²) < 4.78 is 2.54. The quantitative estimate of drug-likeness (QED) is 0.149. The zero-order chi connectivity index (χ0) is 42.6. The predicted octanol–water partition coefficient (Wildman–Crippen LogP) is 15.7. The zero-order valence-electron chi connectivity index (χ0n) is 36.7. The molecule has 308 valence electrons. The molecule has 1 aromatic heterocycles. The van der Waals surface area contributed by atoms with Gasteiger partial charge in [0.1, 0.15) is 0 Å². The Hall–Kier alpha value is -7.03. The molecule has 1 fully saturated rings. The number of aliphatic imine (C=N–C) groups is 1. The van der Waals surface area contributed by atoms with Crippen molar-refractivity contribution in [1.29, 1.82) is 0 Å². The first-order valence-corrected chi connectivity index (χ1v) is 23.4. The van der Waals surface area contributed by atoms with Crippen LogP contribution in [0.2, 0.25) is 0 Å². The molecule has 64 heavy (non-hydrogen) atoms. The van der Waals surface area contributed by atoms with E-state index in [4.69, 9.17) is 4.99 Å². The maximum atomic E-state index is 5.67. The number of hydrogen-bond acceptors (Lipinski definition) is 1. The molecule has 0 N–H and O–H groups in total. The molecule has 3 atom stereocenters. The maximum absolute atomic E-state index is 5.67. The van der Waals surface area contributed by atoms with Crippen LogP contribution in [0.5, 0.6) is 0 Å². The molecule has 0 amide bonds. The Morgan fingerprint density at radius 1 is 0.672 bits per heavy atom. The van der Waals surface area contributed by atoms with E-state index in [9.17, 15) is 0 Å². The van der Waals surface area contributed by atoms with Crippen LogP contribution in [0.25, 0.3) is 77.9 Å². The second-order valence-corrected chi connectivity index (χ2v) is 18.9. The van der Waals surface area contributed by atoms with Crippen LogP contribution >= 0.6 is 0 Å². The fourth-order valence-electron chi connectivity index (χ4n) is 11.9. The normalized spacial score (nSPS) is 20.0. The highest BCUT2D eigenvalue weighted by Gasteiger charge is 2.46. The fourth-order valence-corrected chi connectivity index (χ4v) is 11.9. The van der Waals surface area contributed by atoms with Crippen LogP contribution in [0.1, 0.15) is 77.7 Å². The Kier molecular flexibility index (Phi) is 8.50. The molecule has 0 saturated heterocycles. The van der Waals surface area contributed by atoms with Gasteiger partial charge in [0.05, 0.1) is 16.9 Å². The lowest BCUT2D eigenvalue weighted by atomic mass is 9.71. The highest BCUT2D eigenvalue weighted by Crippen LogP contribution is 2.57. The molecule has 13 rings (SSSR count). The summed E-state index contributed by atoms with van der Waals surface area (Å²) in [6.45, 7) is 9.30. The van der Waals surface area contributed by atoms with Gasteiger partial charge in [-0.2, -0.15) is 0 Å². The summed E-state index contributed by atoms with van der Waals surface area (Å²) in [6, 6.07) is 47.8. The van der Waals surface area contributed by atoms with Crippen molar-refractivity contribution in [2.24, 2.45) is 22.7 Å². The van der Waals surface area contributed by atoms with Crippen molar-refractivity contribution >= 4 is 77.9 Å². The Bertz CT molecular complexity index is 3540. The van der Waals surface area contributed by atoms with Gasteiger partial charge in [-0.1, -0.05) is 146 Å². The van der Waals surface area contributed by atoms with Crippen LogP contribution in [-0.2, 0) is 19.3 Å². The molecule has 0 bridgehead atoms. The van der Waals surface area contributed by atoms with Gasteiger partial charge in [0.2, 0.25) is 0 Å². The average molecular weight is 823 g/mol. The molecule has 7 aromatic carbocycles. The molecule has 0 aliphatic heterocycles. The van der Waals surface area contributed by atoms with Gasteiger partial charge in [0.15, 0.2) is 0 Å². The Balaban J connectivity index is 0.996. The van der Waals surface area contributed by atoms with Crippen molar-refractivity contribution in [3.05, 3.63) is 214 Å². The van der Waals surface area contributed by atoms with E-state index in [2.05, 4.69) is 189 Å². The first-order chi connectivity index (χ1) is 31.5. The summed E-state index contributed by atoms with van der Waals surface area (Å²) >= 11 is 0. The Labute approximate surface area is 375 Å². The molecule has 2 nitrogen and oxygen atoms in total. The molecule has 3 unspecified atom stereocenters. The van der Waals surface area contributed by atoms with Gasteiger partial charge in [-0.15, -0.1) is 0 Å². The van der Waals surface area contributed by atoms with Crippen molar-refractivity contribution in [2.45, 2.75) is 52.4 Å². The smallest absolute Gasteiger partial charge is 0.0633 e. The van der Waals surface area contributed by atoms with Gasteiger partial charge in [-0.05, 0) is 177 Å². The summed E-state index contributed by atoms with van der Waals surface area (Å²) in [7, 11) is 0. The van der Waals surface area contributed by atoms with Gasteiger partial charge in [-0.3, -0.25) is 4.99 Å². The fraction of sp³-hybridized carbons (Fsp3) is 0.177. The van der Waals surface area contributed by atoms with E-state index < -0.39 is 0 Å². The Morgan fingerprint density at radius 2 is 1.45 bits per heavy atom. The topological polar surface area (TPSA) is 17.3 Å². The molecule has 1 heterocycles. The third-order valence-electron chi connectivity index (χ3n) is 15.4. The SMILES string of the molecule is C=C(N=C(/C(C)=C(\C)c1cc2c(c3ccccc13)C=CCC2)C1Cc2cc3cc(-n4c5c(c6ccc7ccccc7c64)CCC=C5)ccc3cc2C2=C1C=CC1CC21)c1ccccc1. The standard InChI is InChI=1S/C62H50N2/c1-37(55-34-43-18-8-9-19-48(43)50-21-11-12-22-51(50)55)38(2)61(63-39(3)40-15-5-4-6-16-40)58-36-46-31-45-32-47(28-25-42(45)33-57(46)60-53(58)29-27-44-35-56(44)60)64-59-24-14-13-23-52(59)54-30-26-41-17-7-10-20-49(41)62(54)64/h4-7,9-12,14-17,19-22,24-34,44,56,58H,3,8,13,18,23,35-36H2,1-2H3/b38-37+,63-61?. The van der Waals surface area contributed by atoms with Crippen LogP contribution in [0.15, 0.2) is 174 Å². The third-order valence-corrected chi connectivity index (χ3v) is 15.4. The van der Waals surface area contributed by atoms with Crippen molar-refractivity contribution in [1.82, 2.24) is 4.57 Å². The number of benzene rings is 7. The molecular weight excluding hydrogens is 773 g/mol. The van der Waals surface area contributed by atoms with E-state index in [0.29, 0.717) is 11.8 Å². The number of fused-ring (bicyclic) bond motifs is 13. The van der Waals surface area contributed by atoms with Crippen LogP contribution in [0.3, 0.4) is 0 Å². The predicted molar refractivity (Wildman–Crippen MR) is 273 cm³/mol. The van der Waals surface area contributed by atoms with E-state index in [1.54, 1.807) is 5.57 Å². The van der Waals surface area contributed by atoms with E-state index in [0.717, 1.165) is 49.1 Å². The lowest BCUT2D eigenvalue weighted by Gasteiger charge is -2.33. The van der Waals surface area contributed by atoms with Crippen molar-refractivity contribution in [3.8, 4) is 5.69 Å². The van der Waals surface area contributed by atoms with E-state index in [1.165, 1.54) is 111 Å². The molecule has 5 aliphatic rings. The van der Waals surface area contributed by atoms with E-state index in [1.807, 2.05) is 0 Å². The maximum Gasteiger partial charge on any atom is 0.0633 e. The van der Waals surface area contributed by atoms with E-state index in [-0.39, 0.29) is 5.92 Å². The summed E-state index contributed by atoms with van der Waals surface area (Å²) in [6.07, 6.45) is 20.7. The number of aryl methyl sites for hydroxylation is 2. The number of allylic oxidation sites excluding steroid dienone is 8. The minimum absolute atomic E-state index is 0.0834. The minimum atomic E-state index is 0.0834. The largest absolute Gasteiger partial charge is 0.309 e. The van der Waals surface area contributed by atoms with Gasteiger partial charge in [0.25, 0.3) is 0 Å². The van der Waals surface area contributed by atoms with Gasteiger partial charge in [0, 0.05) is 28.1 Å². The van der Waals surface area contributed by atoms with E-state index >= 15 is 0 Å². The van der Waals surface area contributed by atoms with Crippen molar-refractivity contribution in [2.75, 3.05) is 0 Å². The summed E-state index contributed by atoms with van der Waals surface area (Å²) in [4.78, 5) is 5.67. The van der Waals surface area contributed by atoms with Crippen LogP contribution in [0.4, 0.5) is 0 Å². The molecule has 0 spiro atoms. The number of rotatable bonds is 6. The summed E-state index contributed by atoms with van der Waals surface area (Å²) in [5.74, 6) is 1.26. The van der Waals surface area contributed by atoms with Crippen LogP contribution in [-0.4, -0.2) is 10.3 Å². The zero-order valence-corrected chi connectivity index (χ0v) is 36.7. The molecule has 0 radical (unpaired) electrons. The highest BCUT2D eigenvalue weighted by atomic mass is 15.0. The summed E-state index contributed by atoms with van der Waals surface area (Å²) in [5, 5.41) is 9.20. The van der Waals surface area contributed by atoms with Gasteiger partial charge in [-0.25, -0.2) is 0 Å². The number of hydrogen-bond donors (Lipinski definition) is 0. The lowest BCUT2D eigenvalue weighted by Crippen LogP contribution is -2.27. The van der Waals surface area contributed by atoms with Crippen LogP contribution < -0.4 is 0 Å². The van der Waals surface area contributed by atoms with Gasteiger partial charge < -0.3 is 4.57 Å². The average Bonchev–Trinajstić information content (AvgIpc) is 4.07. The van der Waals surface area contributed by atoms with Crippen LogP contribution in [0, 0.1) is 17.8 Å². The third kappa shape index (κ3) is 5.81. The first kappa shape index (κ1) is 37.5. The minimum Gasteiger partial charge on any atom is -0.309 e. The molecule has 2 heteroatoms. The summed E-state index contributed by atoms with van der Waals surface area (Å²) in [5.41, 5.74) is 20.8. The second-order valence-electron chi connectivity index (χ2n) is 18.9. The number of aromatic nitrogens is 1. The van der Waals surface area contributed by atoms with Crippen molar-refractivity contribution < 1.29 is 0 Å². The van der Waals surface area contributed by atoms with Gasteiger partial charge >= 0.3 is 0 Å². The highest BCUT2D eigenvalue weighted by molar-refractivity contribution is 6.14. The molecule has 8 aromatic rings. The molecule has 5 aliphatic carbocycles. The lowest BCUT2D eigenvalue weighted by molar-refractivity contribution is 0.775. The number of nitrogens with zero attached hydrogens (tertiary/aromatic N) is 2. The monoisotopic (exact) mass is 822 g/mol. The van der Waals surface area contributed by atoms with Crippen molar-refractivity contribution in [3.63, 3.8) is 0 Å². The molecule has 1 saturated carbocycles. The second kappa shape index (κ2) is 14.5. The Morgan fingerprint density at radius 3 is 2.34 bits per heavy atom. The molecular formula is C62H50N2. The first-order valence-electron chi connectivity index (χ1n) is 23.4.